The molecule has 1 aliphatic heterocycles. The van der Waals surface area contributed by atoms with Crippen molar-refractivity contribution in [2.75, 3.05) is 44.7 Å². The molecule has 2 aromatic carbocycles. The number of anilines is 1. The molecule has 3 rings (SSSR count). The van der Waals surface area contributed by atoms with Crippen LogP contribution in [-0.4, -0.2) is 50.6 Å². The van der Waals surface area contributed by atoms with E-state index in [0.717, 1.165) is 38.3 Å². The molecule has 1 aliphatic rings. The molecule has 0 bridgehead atoms. The van der Waals surface area contributed by atoms with Crippen LogP contribution in [0.1, 0.15) is 37.9 Å². The Morgan fingerprint density at radius 3 is 2.17 bits per heavy atom. The molecular weight excluding hydrogens is 374 g/mol. The molecule has 1 saturated heterocycles. The van der Waals surface area contributed by atoms with Crippen LogP contribution in [0.5, 0.6) is 5.75 Å². The molecule has 5 heteroatoms. The maximum atomic E-state index is 12.8. The molecule has 1 amide bonds. The van der Waals surface area contributed by atoms with Crippen LogP contribution in [0.2, 0.25) is 0 Å². The normalized spacial score (nSPS) is 15.8. The van der Waals surface area contributed by atoms with Gasteiger partial charge in [-0.2, -0.15) is 0 Å². The first-order valence-electron chi connectivity index (χ1n) is 11.0. The molecule has 0 aromatic heterocycles. The first kappa shape index (κ1) is 22.2. The average molecular weight is 410 g/mol. The molecule has 1 fully saturated rings. The minimum Gasteiger partial charge on any atom is -0.497 e. The summed E-state index contributed by atoms with van der Waals surface area (Å²) < 4.78 is 5.24. The zero-order chi connectivity index (χ0) is 21.5. The first-order chi connectivity index (χ1) is 14.5. The zero-order valence-electron chi connectivity index (χ0n) is 18.7. The number of nitrogens with one attached hydrogen (secondary N) is 1. The monoisotopic (exact) mass is 409 g/mol. The Labute approximate surface area is 181 Å². The lowest BCUT2D eigenvalue weighted by Gasteiger charge is -2.36. The van der Waals surface area contributed by atoms with Gasteiger partial charge in [-0.3, -0.25) is 9.69 Å². The maximum absolute atomic E-state index is 12.8. The SMILES string of the molecule is CCc1ccc([C@H](NC(=O)CN2CCN(c3ccc(OC)cc3)CC2)C(C)C)cc1. The van der Waals surface area contributed by atoms with E-state index in [1.54, 1.807) is 7.11 Å². The minimum atomic E-state index is 0.0454. The Bertz CT molecular complexity index is 794. The van der Waals surface area contributed by atoms with Crippen LogP contribution < -0.4 is 15.0 Å². The van der Waals surface area contributed by atoms with E-state index in [1.165, 1.54) is 16.8 Å². The fourth-order valence-electron chi connectivity index (χ4n) is 3.97. The minimum absolute atomic E-state index is 0.0454. The summed E-state index contributed by atoms with van der Waals surface area (Å²) in [6.45, 7) is 10.5. The van der Waals surface area contributed by atoms with Gasteiger partial charge in [-0.05, 0) is 47.7 Å². The first-order valence-corrected chi connectivity index (χ1v) is 11.0. The number of methoxy groups -OCH3 is 1. The Kier molecular flexibility index (Phi) is 7.75. The van der Waals surface area contributed by atoms with Gasteiger partial charge in [0.25, 0.3) is 0 Å². The highest BCUT2D eigenvalue weighted by molar-refractivity contribution is 5.78. The summed E-state index contributed by atoms with van der Waals surface area (Å²) in [6, 6.07) is 16.8. The second-order valence-electron chi connectivity index (χ2n) is 8.35. The van der Waals surface area contributed by atoms with E-state index in [2.05, 4.69) is 72.3 Å². The van der Waals surface area contributed by atoms with Crippen LogP contribution in [0.15, 0.2) is 48.5 Å². The van der Waals surface area contributed by atoms with Crippen LogP contribution in [0.4, 0.5) is 5.69 Å². The topological polar surface area (TPSA) is 44.8 Å². The van der Waals surface area contributed by atoms with Crippen molar-refractivity contribution in [2.45, 2.75) is 33.2 Å². The van der Waals surface area contributed by atoms with E-state index in [1.807, 2.05) is 12.1 Å². The van der Waals surface area contributed by atoms with E-state index in [-0.39, 0.29) is 11.9 Å². The molecule has 1 N–H and O–H groups in total. The fourth-order valence-corrected chi connectivity index (χ4v) is 3.97. The molecule has 30 heavy (non-hydrogen) atoms. The zero-order valence-corrected chi connectivity index (χ0v) is 18.7. The number of carbonyl (C=O) groups is 1. The fraction of sp³-hybridized carbons (Fsp3) is 0.480. The summed E-state index contributed by atoms with van der Waals surface area (Å²) in [4.78, 5) is 17.4. The second-order valence-corrected chi connectivity index (χ2v) is 8.35. The third kappa shape index (κ3) is 5.76. The number of ether oxygens (including phenoxy) is 1. The van der Waals surface area contributed by atoms with Crippen LogP contribution in [-0.2, 0) is 11.2 Å². The second kappa shape index (κ2) is 10.5. The summed E-state index contributed by atoms with van der Waals surface area (Å²) in [7, 11) is 1.68. The Morgan fingerprint density at radius 2 is 1.63 bits per heavy atom. The van der Waals surface area contributed by atoms with E-state index >= 15 is 0 Å². The standard InChI is InChI=1S/C25H35N3O2/c1-5-20-6-8-21(9-7-20)25(19(2)3)26-24(29)18-27-14-16-28(17-15-27)22-10-12-23(30-4)13-11-22/h6-13,19,25H,5,14-18H2,1-4H3,(H,26,29)/t25-/m1/s1. The van der Waals surface area contributed by atoms with E-state index < -0.39 is 0 Å². The number of benzene rings is 2. The number of amides is 1. The van der Waals surface area contributed by atoms with Crippen LogP contribution in [0.3, 0.4) is 0 Å². The largest absolute Gasteiger partial charge is 0.497 e. The molecule has 2 aromatic rings. The van der Waals surface area contributed by atoms with Gasteiger partial charge in [0, 0.05) is 31.9 Å². The summed E-state index contributed by atoms with van der Waals surface area (Å²) in [5.41, 5.74) is 3.71. The van der Waals surface area contributed by atoms with Gasteiger partial charge in [0.1, 0.15) is 5.75 Å². The molecule has 162 valence electrons. The summed E-state index contributed by atoms with van der Waals surface area (Å²) >= 11 is 0. The molecule has 5 nitrogen and oxygen atoms in total. The Morgan fingerprint density at radius 1 is 1.00 bits per heavy atom. The molecule has 0 saturated carbocycles. The number of nitrogens with zero attached hydrogens (tertiary/aromatic N) is 2. The third-order valence-electron chi connectivity index (χ3n) is 5.91. The summed E-state index contributed by atoms with van der Waals surface area (Å²) in [6.07, 6.45) is 1.03. The lowest BCUT2D eigenvalue weighted by Crippen LogP contribution is -2.50. The van der Waals surface area contributed by atoms with Gasteiger partial charge in [0.15, 0.2) is 0 Å². The van der Waals surface area contributed by atoms with Gasteiger partial charge in [-0.1, -0.05) is 45.0 Å². The number of piperazine rings is 1. The predicted molar refractivity (Wildman–Crippen MR) is 123 cm³/mol. The van der Waals surface area contributed by atoms with Crippen LogP contribution >= 0.6 is 0 Å². The average Bonchev–Trinajstić information content (AvgIpc) is 2.78. The van der Waals surface area contributed by atoms with Crippen molar-refractivity contribution in [3.8, 4) is 5.75 Å². The summed E-state index contributed by atoms with van der Waals surface area (Å²) in [5, 5.41) is 3.26. The molecule has 0 spiro atoms. The third-order valence-corrected chi connectivity index (χ3v) is 5.91. The number of rotatable bonds is 8. The van der Waals surface area contributed by atoms with Gasteiger partial charge in [0.2, 0.25) is 5.91 Å². The van der Waals surface area contributed by atoms with Crippen LogP contribution in [0.25, 0.3) is 0 Å². The number of aryl methyl sites for hydroxylation is 1. The van der Waals surface area contributed by atoms with Crippen molar-refractivity contribution in [1.29, 1.82) is 0 Å². The van der Waals surface area contributed by atoms with Crippen molar-refractivity contribution >= 4 is 11.6 Å². The van der Waals surface area contributed by atoms with Crippen molar-refractivity contribution in [2.24, 2.45) is 5.92 Å². The van der Waals surface area contributed by atoms with Gasteiger partial charge in [0.05, 0.1) is 19.7 Å². The predicted octanol–water partition coefficient (Wildman–Crippen LogP) is 3.89. The van der Waals surface area contributed by atoms with E-state index in [4.69, 9.17) is 4.74 Å². The van der Waals surface area contributed by atoms with Crippen molar-refractivity contribution in [1.82, 2.24) is 10.2 Å². The number of hydrogen-bond acceptors (Lipinski definition) is 4. The van der Waals surface area contributed by atoms with Gasteiger partial charge < -0.3 is 15.0 Å². The van der Waals surface area contributed by atoms with Crippen molar-refractivity contribution in [3.63, 3.8) is 0 Å². The van der Waals surface area contributed by atoms with Crippen molar-refractivity contribution in [3.05, 3.63) is 59.7 Å². The lowest BCUT2D eigenvalue weighted by molar-refractivity contribution is -0.123. The highest BCUT2D eigenvalue weighted by atomic mass is 16.5. The number of carbonyl (C=O) groups excluding carboxylic acids is 1. The molecule has 1 heterocycles. The van der Waals surface area contributed by atoms with E-state index in [9.17, 15) is 4.79 Å². The Balaban J connectivity index is 1.51. The highest BCUT2D eigenvalue weighted by Crippen LogP contribution is 2.23. The lowest BCUT2D eigenvalue weighted by atomic mass is 9.95. The molecular formula is C25H35N3O2. The highest BCUT2D eigenvalue weighted by Gasteiger charge is 2.22. The molecule has 0 aliphatic carbocycles. The summed E-state index contributed by atoms with van der Waals surface area (Å²) in [5.74, 6) is 1.32. The van der Waals surface area contributed by atoms with E-state index in [0.29, 0.717) is 12.5 Å². The quantitative estimate of drug-likeness (QED) is 0.718. The van der Waals surface area contributed by atoms with Gasteiger partial charge in [-0.15, -0.1) is 0 Å². The van der Waals surface area contributed by atoms with Gasteiger partial charge in [-0.25, -0.2) is 0 Å². The smallest absolute Gasteiger partial charge is 0.234 e. The molecule has 1 atom stereocenters. The van der Waals surface area contributed by atoms with Crippen LogP contribution in [0, 0.1) is 5.92 Å². The molecule has 0 unspecified atom stereocenters. The Hall–Kier alpha value is -2.53. The van der Waals surface area contributed by atoms with Crippen molar-refractivity contribution < 1.29 is 9.53 Å². The molecule has 0 radical (unpaired) electrons. The van der Waals surface area contributed by atoms with Gasteiger partial charge >= 0.3 is 0 Å². The number of hydrogen-bond donors (Lipinski definition) is 1. The maximum Gasteiger partial charge on any atom is 0.234 e.